The van der Waals surface area contributed by atoms with E-state index in [-0.39, 0.29) is 24.0 Å². The van der Waals surface area contributed by atoms with Crippen molar-refractivity contribution < 1.29 is 14.1 Å². The Morgan fingerprint density at radius 2 is 2.03 bits per heavy atom. The Bertz CT molecular complexity index is 1130. The lowest BCUT2D eigenvalue weighted by Gasteiger charge is -2.09. The number of esters is 1. The number of benzene rings is 1. The van der Waals surface area contributed by atoms with Crippen LogP contribution in [0.25, 0.3) is 11.8 Å². The molecule has 3 aromatic rings. The number of rotatable bonds is 6. The van der Waals surface area contributed by atoms with E-state index in [9.17, 15) is 10.1 Å². The molecule has 0 bridgehead atoms. The third-order valence-electron chi connectivity index (χ3n) is 4.52. The molecule has 2 heterocycles. The van der Waals surface area contributed by atoms with E-state index in [0.29, 0.717) is 5.82 Å². The second kappa shape index (κ2) is 9.09. The number of aromatic nitrogens is 3. The highest BCUT2D eigenvalue weighted by atomic mass is 79.9. The zero-order valence-corrected chi connectivity index (χ0v) is 18.7. The molecule has 7 nitrogen and oxygen atoms in total. The van der Waals surface area contributed by atoms with Gasteiger partial charge in [-0.1, -0.05) is 34.9 Å². The maximum atomic E-state index is 12.4. The molecule has 0 atom stereocenters. The van der Waals surface area contributed by atoms with Gasteiger partial charge >= 0.3 is 5.97 Å². The summed E-state index contributed by atoms with van der Waals surface area (Å²) in [4.78, 5) is 16.5. The molecule has 3 rings (SSSR count). The minimum atomic E-state index is -0.741. The normalized spacial score (nSPS) is 11.6. The van der Waals surface area contributed by atoms with E-state index in [1.807, 2.05) is 64.1 Å². The van der Waals surface area contributed by atoms with Crippen LogP contribution in [-0.2, 0) is 16.1 Å². The first-order chi connectivity index (χ1) is 14.3. The number of aryl methyl sites for hydroxylation is 1. The largest absolute Gasteiger partial charge is 0.451 e. The number of ether oxygens (including phenoxy) is 1. The molecule has 2 aromatic heterocycles. The Labute approximate surface area is 183 Å². The maximum absolute atomic E-state index is 12.4. The summed E-state index contributed by atoms with van der Waals surface area (Å²) in [5, 5.41) is 13.3. The molecule has 0 amide bonds. The Hall–Kier alpha value is -3.18. The zero-order chi connectivity index (χ0) is 21.8. The fraction of sp³-hybridized carbons (Fsp3) is 0.273. The van der Waals surface area contributed by atoms with E-state index in [2.05, 4.69) is 30.6 Å². The van der Waals surface area contributed by atoms with Crippen LogP contribution in [0.15, 0.2) is 44.9 Å². The number of halogens is 1. The molecule has 0 fully saturated rings. The first-order valence-corrected chi connectivity index (χ1v) is 10.2. The van der Waals surface area contributed by atoms with Gasteiger partial charge in [-0.2, -0.15) is 10.2 Å². The van der Waals surface area contributed by atoms with E-state index < -0.39 is 5.97 Å². The van der Waals surface area contributed by atoms with E-state index in [1.165, 1.54) is 6.08 Å². The number of carbonyl (C=O) groups is 1. The third-order valence-corrected chi connectivity index (χ3v) is 5.05. The summed E-state index contributed by atoms with van der Waals surface area (Å²) in [5.41, 5.74) is 3.55. The number of hydrogen-bond donors (Lipinski definition) is 0. The number of hydrogen-bond acceptors (Lipinski definition) is 6. The smallest absolute Gasteiger partial charge is 0.349 e. The molecule has 30 heavy (non-hydrogen) atoms. The van der Waals surface area contributed by atoms with E-state index in [4.69, 9.17) is 9.26 Å². The second-order valence-corrected chi connectivity index (χ2v) is 8.00. The quantitative estimate of drug-likeness (QED) is 0.286. The van der Waals surface area contributed by atoms with Gasteiger partial charge in [-0.05, 0) is 55.8 Å². The van der Waals surface area contributed by atoms with Gasteiger partial charge in [-0.15, -0.1) is 0 Å². The Kier molecular flexibility index (Phi) is 6.53. The summed E-state index contributed by atoms with van der Waals surface area (Å²) in [6, 6.07) is 11.8. The minimum Gasteiger partial charge on any atom is -0.451 e. The second-order valence-electron chi connectivity index (χ2n) is 7.09. The standard InChI is InChI=1S/C22H21BrN4O3/c1-13(2)21-25-20(30-26-21)12-29-22(28)17(11-24)10-16-9-14(3)27(15(16)4)19-7-5-18(23)6-8-19/h5-10,13H,12H2,1-4H3/b17-10+. The summed E-state index contributed by atoms with van der Waals surface area (Å²) in [6.07, 6.45) is 1.54. The number of nitrogens with zero attached hydrogens (tertiary/aromatic N) is 4. The van der Waals surface area contributed by atoms with Crippen LogP contribution in [0.2, 0.25) is 0 Å². The zero-order valence-electron chi connectivity index (χ0n) is 17.1. The summed E-state index contributed by atoms with van der Waals surface area (Å²) in [7, 11) is 0. The van der Waals surface area contributed by atoms with Gasteiger partial charge in [0.25, 0.3) is 5.89 Å². The van der Waals surface area contributed by atoms with Crippen LogP contribution >= 0.6 is 15.9 Å². The molecule has 0 N–H and O–H groups in total. The Morgan fingerprint density at radius 3 is 2.63 bits per heavy atom. The van der Waals surface area contributed by atoms with Crippen molar-refractivity contribution in [3.63, 3.8) is 0 Å². The molecule has 0 radical (unpaired) electrons. The van der Waals surface area contributed by atoms with Crippen LogP contribution in [0.1, 0.15) is 48.4 Å². The molecule has 0 saturated heterocycles. The molecule has 0 saturated carbocycles. The van der Waals surface area contributed by atoms with Gasteiger partial charge in [0.05, 0.1) is 0 Å². The Balaban J connectivity index is 1.80. The topological polar surface area (TPSA) is 93.9 Å². The third kappa shape index (κ3) is 4.69. The van der Waals surface area contributed by atoms with Crippen molar-refractivity contribution >= 4 is 28.0 Å². The van der Waals surface area contributed by atoms with Gasteiger partial charge in [0.15, 0.2) is 12.4 Å². The van der Waals surface area contributed by atoms with E-state index >= 15 is 0 Å². The van der Waals surface area contributed by atoms with Gasteiger partial charge in [-0.25, -0.2) is 4.79 Å². The van der Waals surface area contributed by atoms with Crippen molar-refractivity contribution in [3.8, 4) is 11.8 Å². The first-order valence-electron chi connectivity index (χ1n) is 9.36. The van der Waals surface area contributed by atoms with Gasteiger partial charge in [0.1, 0.15) is 11.6 Å². The number of carbonyl (C=O) groups excluding carboxylic acids is 1. The predicted molar refractivity (Wildman–Crippen MR) is 115 cm³/mol. The van der Waals surface area contributed by atoms with Crippen molar-refractivity contribution in [1.82, 2.24) is 14.7 Å². The molecule has 0 aliphatic carbocycles. The maximum Gasteiger partial charge on any atom is 0.349 e. The highest BCUT2D eigenvalue weighted by Crippen LogP contribution is 2.24. The van der Waals surface area contributed by atoms with Crippen molar-refractivity contribution in [2.45, 2.75) is 40.2 Å². The summed E-state index contributed by atoms with van der Waals surface area (Å²) >= 11 is 3.44. The minimum absolute atomic E-state index is 0.102. The van der Waals surface area contributed by atoms with E-state index in [1.54, 1.807) is 0 Å². The van der Waals surface area contributed by atoms with Gasteiger partial charge in [0.2, 0.25) is 0 Å². The summed E-state index contributed by atoms with van der Waals surface area (Å²) in [5.74, 6) is 0.0965. The molecule has 8 heteroatoms. The van der Waals surface area contributed by atoms with Crippen molar-refractivity contribution in [2.24, 2.45) is 0 Å². The molecule has 0 aliphatic rings. The molecule has 0 spiro atoms. The van der Waals surface area contributed by atoms with Crippen molar-refractivity contribution in [1.29, 1.82) is 5.26 Å². The molecule has 154 valence electrons. The summed E-state index contributed by atoms with van der Waals surface area (Å²) in [6.45, 7) is 7.59. The lowest BCUT2D eigenvalue weighted by Crippen LogP contribution is -2.07. The van der Waals surface area contributed by atoms with Crippen LogP contribution in [0.3, 0.4) is 0 Å². The highest BCUT2D eigenvalue weighted by Gasteiger charge is 2.17. The SMILES string of the molecule is Cc1cc(/C=C(\C#N)C(=O)OCc2nc(C(C)C)no2)c(C)n1-c1ccc(Br)cc1. The summed E-state index contributed by atoms with van der Waals surface area (Å²) < 4.78 is 13.3. The van der Waals surface area contributed by atoms with Crippen LogP contribution in [0.5, 0.6) is 0 Å². The molecular weight excluding hydrogens is 448 g/mol. The van der Waals surface area contributed by atoms with Gasteiger partial charge in [-0.3, -0.25) is 0 Å². The van der Waals surface area contributed by atoms with Crippen molar-refractivity contribution in [2.75, 3.05) is 0 Å². The average molecular weight is 469 g/mol. The number of nitriles is 1. The molecule has 0 aliphatic heterocycles. The van der Waals surface area contributed by atoms with Crippen LogP contribution in [0.4, 0.5) is 0 Å². The van der Waals surface area contributed by atoms with Crippen LogP contribution in [0, 0.1) is 25.2 Å². The van der Waals surface area contributed by atoms with Gasteiger partial charge < -0.3 is 13.8 Å². The van der Waals surface area contributed by atoms with Crippen LogP contribution in [-0.4, -0.2) is 20.7 Å². The highest BCUT2D eigenvalue weighted by molar-refractivity contribution is 9.10. The lowest BCUT2D eigenvalue weighted by molar-refractivity contribution is -0.140. The lowest BCUT2D eigenvalue weighted by atomic mass is 10.1. The first kappa shape index (κ1) is 21.5. The monoisotopic (exact) mass is 468 g/mol. The molecular formula is C22H21BrN4O3. The van der Waals surface area contributed by atoms with E-state index in [0.717, 1.165) is 27.1 Å². The molecule has 1 aromatic carbocycles. The Morgan fingerprint density at radius 1 is 1.33 bits per heavy atom. The van der Waals surface area contributed by atoms with Gasteiger partial charge in [0, 0.05) is 27.5 Å². The van der Waals surface area contributed by atoms with Crippen molar-refractivity contribution in [3.05, 3.63) is 69.0 Å². The average Bonchev–Trinajstić information content (AvgIpc) is 3.30. The predicted octanol–water partition coefficient (Wildman–Crippen LogP) is 5.01. The fourth-order valence-corrected chi connectivity index (χ4v) is 3.24. The molecule has 0 unspecified atom stereocenters. The fourth-order valence-electron chi connectivity index (χ4n) is 2.98. The van der Waals surface area contributed by atoms with Crippen LogP contribution < -0.4 is 0 Å².